The van der Waals surface area contributed by atoms with E-state index in [0.29, 0.717) is 19.2 Å². The Hall–Kier alpha value is -2.70. The molecule has 30 heavy (non-hydrogen) atoms. The number of aliphatic imine (C=N–C) groups is 1. The topological polar surface area (TPSA) is 80.9 Å². The molecule has 0 aliphatic heterocycles. The number of nitrogens with one attached hydrogen (secondary N) is 2. The van der Waals surface area contributed by atoms with Crippen LogP contribution in [0.25, 0.3) is 0 Å². The van der Waals surface area contributed by atoms with Crippen LogP contribution in [0.2, 0.25) is 0 Å². The first-order valence-electron chi connectivity index (χ1n) is 10.9. The zero-order chi connectivity index (χ0) is 21.3. The first kappa shape index (κ1) is 22.0. The van der Waals surface area contributed by atoms with Crippen LogP contribution in [-0.4, -0.2) is 31.4 Å². The molecule has 0 spiro atoms. The van der Waals surface area contributed by atoms with E-state index in [4.69, 9.17) is 14.0 Å². The van der Waals surface area contributed by atoms with Gasteiger partial charge in [0.25, 0.3) is 0 Å². The number of ether oxygens (including phenoxy) is 2. The lowest BCUT2D eigenvalue weighted by Gasteiger charge is -2.19. The number of aryl methyl sites for hydroxylation is 2. The minimum absolute atomic E-state index is 0.293. The molecule has 1 aromatic carbocycles. The predicted molar refractivity (Wildman–Crippen MR) is 118 cm³/mol. The molecule has 1 aliphatic rings. The van der Waals surface area contributed by atoms with Crippen LogP contribution in [0.3, 0.4) is 0 Å². The van der Waals surface area contributed by atoms with Gasteiger partial charge in [-0.3, -0.25) is 4.99 Å². The van der Waals surface area contributed by atoms with Gasteiger partial charge in [0.1, 0.15) is 17.3 Å². The molecule has 1 aromatic heterocycles. The van der Waals surface area contributed by atoms with Crippen LogP contribution in [0.1, 0.15) is 62.1 Å². The number of aromatic nitrogens is 1. The Morgan fingerprint density at radius 1 is 1.17 bits per heavy atom. The molecule has 1 saturated carbocycles. The molecule has 3 rings (SSSR count). The minimum atomic E-state index is 0.293. The minimum Gasteiger partial charge on any atom is -0.497 e. The van der Waals surface area contributed by atoms with Gasteiger partial charge in [-0.05, 0) is 44.2 Å². The highest BCUT2D eigenvalue weighted by Gasteiger charge is 2.19. The van der Waals surface area contributed by atoms with Crippen LogP contribution in [0, 0.1) is 0 Å². The molecule has 1 heterocycles. The summed E-state index contributed by atoms with van der Waals surface area (Å²) in [5.74, 6) is 3.34. The maximum Gasteiger partial charge on any atom is 0.191 e. The molecule has 2 N–H and O–H groups in total. The summed E-state index contributed by atoms with van der Waals surface area (Å²) in [7, 11) is 3.45. The van der Waals surface area contributed by atoms with Crippen molar-refractivity contribution in [2.45, 2.75) is 71.6 Å². The fraction of sp³-hybridized carbons (Fsp3) is 0.565. The molecular weight excluding hydrogens is 380 g/mol. The van der Waals surface area contributed by atoms with E-state index in [0.717, 1.165) is 65.7 Å². The summed E-state index contributed by atoms with van der Waals surface area (Å²) in [5.41, 5.74) is 3.20. The van der Waals surface area contributed by atoms with Crippen molar-refractivity contribution in [3.63, 3.8) is 0 Å². The fourth-order valence-corrected chi connectivity index (χ4v) is 3.81. The number of guanidine groups is 1. The first-order valence-corrected chi connectivity index (χ1v) is 10.9. The van der Waals surface area contributed by atoms with Crippen molar-refractivity contribution in [1.29, 1.82) is 0 Å². The molecule has 0 bridgehead atoms. The maximum absolute atomic E-state index is 6.29. The number of nitrogens with zero attached hydrogens (tertiary/aromatic N) is 2. The van der Waals surface area contributed by atoms with Crippen molar-refractivity contribution in [2.75, 3.05) is 14.2 Å². The van der Waals surface area contributed by atoms with Gasteiger partial charge in [0.2, 0.25) is 0 Å². The molecule has 7 nitrogen and oxygen atoms in total. The number of benzene rings is 1. The van der Waals surface area contributed by atoms with Gasteiger partial charge < -0.3 is 24.6 Å². The maximum atomic E-state index is 6.29. The predicted octanol–water partition coefficient (Wildman–Crippen LogP) is 3.99. The van der Waals surface area contributed by atoms with Gasteiger partial charge in [0, 0.05) is 43.8 Å². The van der Waals surface area contributed by atoms with E-state index in [1.165, 1.54) is 12.8 Å². The largest absolute Gasteiger partial charge is 0.497 e. The summed E-state index contributed by atoms with van der Waals surface area (Å²) in [5, 5.41) is 10.9. The van der Waals surface area contributed by atoms with E-state index in [2.05, 4.69) is 34.6 Å². The Morgan fingerprint density at radius 2 is 1.93 bits per heavy atom. The highest BCUT2D eigenvalue weighted by Crippen LogP contribution is 2.30. The van der Waals surface area contributed by atoms with E-state index >= 15 is 0 Å². The Morgan fingerprint density at radius 3 is 2.60 bits per heavy atom. The van der Waals surface area contributed by atoms with Gasteiger partial charge in [-0.1, -0.05) is 19.0 Å². The van der Waals surface area contributed by atoms with Crippen molar-refractivity contribution in [3.05, 3.63) is 40.8 Å². The van der Waals surface area contributed by atoms with Gasteiger partial charge >= 0.3 is 0 Å². The lowest BCUT2D eigenvalue weighted by molar-refractivity contribution is 0.207. The Kier molecular flexibility index (Phi) is 7.99. The van der Waals surface area contributed by atoms with Crippen molar-refractivity contribution in [3.8, 4) is 11.5 Å². The molecule has 1 fully saturated rings. The Bertz CT molecular complexity index is 819. The Labute approximate surface area is 179 Å². The summed E-state index contributed by atoms with van der Waals surface area (Å²) in [6.07, 6.45) is 6.67. The van der Waals surface area contributed by atoms with Crippen LogP contribution in [0.5, 0.6) is 11.5 Å². The summed E-state index contributed by atoms with van der Waals surface area (Å²) in [6, 6.07) is 5.99. The van der Waals surface area contributed by atoms with E-state index in [9.17, 15) is 0 Å². The molecule has 0 radical (unpaired) electrons. The lowest BCUT2D eigenvalue weighted by atomic mass is 10.1. The van der Waals surface area contributed by atoms with E-state index < -0.39 is 0 Å². The van der Waals surface area contributed by atoms with Crippen LogP contribution >= 0.6 is 0 Å². The van der Waals surface area contributed by atoms with Crippen molar-refractivity contribution >= 4 is 5.96 Å². The summed E-state index contributed by atoms with van der Waals surface area (Å²) in [6.45, 7) is 5.40. The first-order chi connectivity index (χ1) is 14.7. The average Bonchev–Trinajstić information content (AvgIpc) is 3.43. The molecular formula is C23H34N4O3. The van der Waals surface area contributed by atoms with E-state index in [-0.39, 0.29) is 0 Å². The smallest absolute Gasteiger partial charge is 0.191 e. The fourth-order valence-electron chi connectivity index (χ4n) is 3.81. The molecule has 7 heteroatoms. The number of hydrogen-bond donors (Lipinski definition) is 2. The lowest BCUT2D eigenvalue weighted by Crippen LogP contribution is -2.36. The molecule has 2 aromatic rings. The van der Waals surface area contributed by atoms with Crippen LogP contribution in [0.4, 0.5) is 0 Å². The molecule has 0 unspecified atom stereocenters. The summed E-state index contributed by atoms with van der Waals surface area (Å²) >= 11 is 0. The molecule has 0 saturated heterocycles. The second-order valence-corrected chi connectivity index (χ2v) is 7.52. The molecule has 164 valence electrons. The standard InChI is InChI=1S/C23H34N4O3/c1-5-20-19(21(6-2)30-27-20)15-26-23(24-3)25-14-16-11-12-18(28-4)13-22(16)29-17-9-7-8-10-17/h11-13,17H,5-10,14-15H2,1-4H3,(H2,24,25,26). The van der Waals surface area contributed by atoms with Gasteiger partial charge in [-0.15, -0.1) is 0 Å². The zero-order valence-electron chi connectivity index (χ0n) is 18.6. The second-order valence-electron chi connectivity index (χ2n) is 7.52. The van der Waals surface area contributed by atoms with Crippen LogP contribution in [-0.2, 0) is 25.9 Å². The third-order valence-electron chi connectivity index (χ3n) is 5.58. The quantitative estimate of drug-likeness (QED) is 0.477. The van der Waals surface area contributed by atoms with Gasteiger partial charge in [-0.2, -0.15) is 0 Å². The molecule has 0 atom stereocenters. The van der Waals surface area contributed by atoms with Gasteiger partial charge in [0.15, 0.2) is 5.96 Å². The second kappa shape index (κ2) is 10.9. The van der Waals surface area contributed by atoms with Gasteiger partial charge in [0.05, 0.1) is 18.9 Å². The van der Waals surface area contributed by atoms with Crippen molar-refractivity contribution in [1.82, 2.24) is 15.8 Å². The van der Waals surface area contributed by atoms with E-state index in [1.807, 2.05) is 18.2 Å². The zero-order valence-corrected chi connectivity index (χ0v) is 18.6. The number of hydrogen-bond acceptors (Lipinski definition) is 5. The number of methoxy groups -OCH3 is 1. The van der Waals surface area contributed by atoms with Crippen molar-refractivity contribution < 1.29 is 14.0 Å². The third-order valence-corrected chi connectivity index (χ3v) is 5.58. The number of rotatable bonds is 9. The highest BCUT2D eigenvalue weighted by atomic mass is 16.5. The van der Waals surface area contributed by atoms with Gasteiger partial charge in [-0.25, -0.2) is 0 Å². The van der Waals surface area contributed by atoms with E-state index in [1.54, 1.807) is 14.2 Å². The highest BCUT2D eigenvalue weighted by molar-refractivity contribution is 5.79. The van der Waals surface area contributed by atoms with Crippen molar-refractivity contribution in [2.24, 2.45) is 4.99 Å². The SMILES string of the molecule is CCc1noc(CC)c1CNC(=NC)NCc1ccc(OC)cc1OC1CCCC1. The molecule has 1 aliphatic carbocycles. The average molecular weight is 415 g/mol. The third kappa shape index (κ3) is 5.46. The Balaban J connectivity index is 1.64. The van der Waals surface area contributed by atoms with Crippen LogP contribution in [0.15, 0.2) is 27.7 Å². The normalized spacial score (nSPS) is 14.7. The van der Waals surface area contributed by atoms with Crippen LogP contribution < -0.4 is 20.1 Å². The molecule has 0 amide bonds. The monoisotopic (exact) mass is 414 g/mol. The summed E-state index contributed by atoms with van der Waals surface area (Å²) in [4.78, 5) is 4.36. The summed E-state index contributed by atoms with van der Waals surface area (Å²) < 4.78 is 17.1.